The third-order valence-corrected chi connectivity index (χ3v) is 1.65. The van der Waals surface area contributed by atoms with Crippen LogP contribution in [-0.2, 0) is 16.1 Å². The summed E-state index contributed by atoms with van der Waals surface area (Å²) < 4.78 is 6.05. The molecule has 0 aromatic carbocycles. The third kappa shape index (κ3) is 2.19. The van der Waals surface area contributed by atoms with E-state index in [9.17, 15) is 4.79 Å². The topological polar surface area (TPSA) is 96.2 Å². The van der Waals surface area contributed by atoms with Gasteiger partial charge in [-0.3, -0.25) is 4.79 Å². The van der Waals surface area contributed by atoms with E-state index in [1.165, 1.54) is 7.11 Å². The number of carbonyl (C=O) groups excluding carboxylic acids is 1. The molecule has 0 amide bonds. The first-order valence-electron chi connectivity index (χ1n) is 3.75. The maximum absolute atomic E-state index is 10.9. The molecular formula is C7H12N4O2. The lowest BCUT2D eigenvalue weighted by Gasteiger charge is -2.10. The van der Waals surface area contributed by atoms with Gasteiger partial charge in [0.05, 0.1) is 13.7 Å². The Hall–Kier alpha value is -1.56. The Morgan fingerprint density at radius 3 is 3.00 bits per heavy atom. The van der Waals surface area contributed by atoms with E-state index in [2.05, 4.69) is 9.72 Å². The van der Waals surface area contributed by atoms with Gasteiger partial charge in [0.2, 0.25) is 0 Å². The van der Waals surface area contributed by atoms with Crippen LogP contribution in [0.4, 0.5) is 5.95 Å². The Morgan fingerprint density at radius 2 is 2.54 bits per heavy atom. The predicted octanol–water partition coefficient (Wildman–Crippen LogP) is -1.03. The van der Waals surface area contributed by atoms with Crippen molar-refractivity contribution in [3.05, 3.63) is 12.4 Å². The van der Waals surface area contributed by atoms with E-state index in [4.69, 9.17) is 11.5 Å². The van der Waals surface area contributed by atoms with Gasteiger partial charge in [-0.05, 0) is 0 Å². The number of carbonyl (C=O) groups is 1. The summed E-state index contributed by atoms with van der Waals surface area (Å²) in [5.41, 5.74) is 11.0. The minimum atomic E-state index is -0.707. The lowest BCUT2D eigenvalue weighted by Crippen LogP contribution is -2.35. The highest BCUT2D eigenvalue weighted by molar-refractivity contribution is 5.75. The van der Waals surface area contributed by atoms with Crippen molar-refractivity contribution in [2.45, 2.75) is 12.6 Å². The number of rotatable bonds is 3. The van der Waals surface area contributed by atoms with Gasteiger partial charge in [-0.1, -0.05) is 0 Å². The van der Waals surface area contributed by atoms with Crippen molar-refractivity contribution in [3.8, 4) is 0 Å². The lowest BCUT2D eigenvalue weighted by atomic mass is 10.3. The highest BCUT2D eigenvalue weighted by atomic mass is 16.5. The van der Waals surface area contributed by atoms with Crippen molar-refractivity contribution >= 4 is 11.9 Å². The fourth-order valence-corrected chi connectivity index (χ4v) is 0.933. The van der Waals surface area contributed by atoms with Crippen LogP contribution in [0.1, 0.15) is 0 Å². The maximum atomic E-state index is 10.9. The van der Waals surface area contributed by atoms with Gasteiger partial charge in [-0.2, -0.15) is 0 Å². The van der Waals surface area contributed by atoms with Gasteiger partial charge >= 0.3 is 5.97 Å². The molecule has 6 heteroatoms. The number of hydrogen-bond donors (Lipinski definition) is 2. The van der Waals surface area contributed by atoms with E-state index in [1.807, 2.05) is 0 Å². The Labute approximate surface area is 75.5 Å². The summed E-state index contributed by atoms with van der Waals surface area (Å²) in [4.78, 5) is 14.7. The summed E-state index contributed by atoms with van der Waals surface area (Å²) in [7, 11) is 1.29. The Kier molecular flexibility index (Phi) is 2.86. The van der Waals surface area contributed by atoms with Gasteiger partial charge in [-0.15, -0.1) is 0 Å². The summed E-state index contributed by atoms with van der Waals surface area (Å²) in [6.45, 7) is 0.276. The van der Waals surface area contributed by atoms with Crippen molar-refractivity contribution in [2.24, 2.45) is 5.73 Å². The molecule has 0 saturated heterocycles. The van der Waals surface area contributed by atoms with E-state index in [1.54, 1.807) is 17.0 Å². The number of anilines is 1. The van der Waals surface area contributed by atoms with E-state index in [0.717, 1.165) is 0 Å². The molecule has 1 heterocycles. The van der Waals surface area contributed by atoms with Crippen LogP contribution in [0.2, 0.25) is 0 Å². The Balaban J connectivity index is 2.59. The van der Waals surface area contributed by atoms with Crippen molar-refractivity contribution in [3.63, 3.8) is 0 Å². The van der Waals surface area contributed by atoms with E-state index < -0.39 is 12.0 Å². The molecule has 0 saturated carbocycles. The number of hydrogen-bond acceptors (Lipinski definition) is 5. The third-order valence-electron chi connectivity index (χ3n) is 1.65. The molecular weight excluding hydrogens is 172 g/mol. The summed E-state index contributed by atoms with van der Waals surface area (Å²) in [5, 5.41) is 0. The van der Waals surface area contributed by atoms with Gasteiger partial charge in [0.25, 0.3) is 0 Å². The number of nitrogens with zero attached hydrogens (tertiary/aromatic N) is 2. The number of esters is 1. The van der Waals surface area contributed by atoms with E-state index in [-0.39, 0.29) is 6.54 Å². The minimum absolute atomic E-state index is 0.276. The Morgan fingerprint density at radius 1 is 1.85 bits per heavy atom. The fraction of sp³-hybridized carbons (Fsp3) is 0.429. The molecule has 4 N–H and O–H groups in total. The molecule has 1 rings (SSSR count). The summed E-state index contributed by atoms with van der Waals surface area (Å²) >= 11 is 0. The molecule has 0 bridgehead atoms. The zero-order valence-electron chi connectivity index (χ0n) is 7.30. The van der Waals surface area contributed by atoms with E-state index >= 15 is 0 Å². The van der Waals surface area contributed by atoms with Crippen molar-refractivity contribution in [1.82, 2.24) is 9.55 Å². The first-order valence-corrected chi connectivity index (χ1v) is 3.75. The zero-order chi connectivity index (χ0) is 9.84. The number of aromatic nitrogens is 2. The molecule has 0 aliphatic heterocycles. The first kappa shape index (κ1) is 9.53. The molecule has 1 atom stereocenters. The number of nitrogens with two attached hydrogens (primary N) is 2. The molecule has 0 unspecified atom stereocenters. The van der Waals surface area contributed by atoms with Crippen molar-refractivity contribution in [2.75, 3.05) is 12.8 Å². The average Bonchev–Trinajstić information content (AvgIpc) is 2.50. The van der Waals surface area contributed by atoms with Crippen LogP contribution in [0.25, 0.3) is 0 Å². The second-order valence-electron chi connectivity index (χ2n) is 2.57. The molecule has 6 nitrogen and oxygen atoms in total. The molecule has 0 spiro atoms. The molecule has 72 valence electrons. The quantitative estimate of drug-likeness (QED) is 0.585. The van der Waals surface area contributed by atoms with Gasteiger partial charge < -0.3 is 20.8 Å². The number of ether oxygens (including phenoxy) is 1. The second kappa shape index (κ2) is 3.90. The fourth-order valence-electron chi connectivity index (χ4n) is 0.933. The molecule has 0 aliphatic rings. The van der Waals surface area contributed by atoms with E-state index in [0.29, 0.717) is 5.95 Å². The number of methoxy groups -OCH3 is 1. The standard InChI is InChI=1S/C7H12N4O2/c1-13-6(12)5(8)4-11-3-2-10-7(11)9/h2-3,5H,4,8H2,1H3,(H2,9,10)/t5-/m0/s1. The highest BCUT2D eigenvalue weighted by Crippen LogP contribution is 2.00. The minimum Gasteiger partial charge on any atom is -0.468 e. The smallest absolute Gasteiger partial charge is 0.324 e. The maximum Gasteiger partial charge on any atom is 0.324 e. The second-order valence-corrected chi connectivity index (χ2v) is 2.57. The van der Waals surface area contributed by atoms with Crippen LogP contribution in [0, 0.1) is 0 Å². The lowest BCUT2D eigenvalue weighted by molar-refractivity contribution is -0.142. The summed E-state index contributed by atoms with van der Waals surface area (Å²) in [5.74, 6) is -0.132. The van der Waals surface area contributed by atoms with Crippen LogP contribution >= 0.6 is 0 Å². The van der Waals surface area contributed by atoms with Gasteiger partial charge in [0.15, 0.2) is 5.95 Å². The van der Waals surface area contributed by atoms with Gasteiger partial charge in [0.1, 0.15) is 6.04 Å². The average molecular weight is 184 g/mol. The van der Waals surface area contributed by atoms with Crippen LogP contribution in [0.3, 0.4) is 0 Å². The zero-order valence-corrected chi connectivity index (χ0v) is 7.30. The van der Waals surface area contributed by atoms with Crippen molar-refractivity contribution in [1.29, 1.82) is 0 Å². The van der Waals surface area contributed by atoms with Gasteiger partial charge in [-0.25, -0.2) is 4.98 Å². The van der Waals surface area contributed by atoms with Crippen molar-refractivity contribution < 1.29 is 9.53 Å². The Bertz CT molecular complexity index is 296. The monoisotopic (exact) mass is 184 g/mol. The van der Waals surface area contributed by atoms with Crippen LogP contribution in [0.15, 0.2) is 12.4 Å². The molecule has 0 fully saturated rings. The largest absolute Gasteiger partial charge is 0.468 e. The van der Waals surface area contributed by atoms with Crippen LogP contribution in [0.5, 0.6) is 0 Å². The van der Waals surface area contributed by atoms with Crippen LogP contribution < -0.4 is 11.5 Å². The predicted molar refractivity (Wildman–Crippen MR) is 46.6 cm³/mol. The first-order chi connectivity index (χ1) is 6.15. The van der Waals surface area contributed by atoms with Gasteiger partial charge in [0, 0.05) is 12.4 Å². The number of imidazole rings is 1. The molecule has 1 aromatic rings. The molecule has 1 aromatic heterocycles. The SMILES string of the molecule is COC(=O)[C@@H](N)Cn1ccnc1N. The molecule has 0 aliphatic carbocycles. The van der Waals surface area contributed by atoms with Crippen LogP contribution in [-0.4, -0.2) is 28.7 Å². The summed E-state index contributed by atoms with van der Waals surface area (Å²) in [6, 6.07) is -0.707. The molecule has 0 radical (unpaired) electrons. The highest BCUT2D eigenvalue weighted by Gasteiger charge is 2.14. The normalized spacial score (nSPS) is 12.5. The summed E-state index contributed by atoms with van der Waals surface area (Å²) in [6.07, 6.45) is 3.19. The molecule has 13 heavy (non-hydrogen) atoms. The number of nitrogen functional groups attached to an aromatic ring is 1.